The van der Waals surface area contributed by atoms with Gasteiger partial charge in [0.2, 0.25) is 5.82 Å². The van der Waals surface area contributed by atoms with Gasteiger partial charge in [0.15, 0.2) is 6.10 Å². The van der Waals surface area contributed by atoms with E-state index in [0.29, 0.717) is 15.6 Å². The number of aromatic nitrogens is 2. The molecule has 1 atom stereocenters. The van der Waals surface area contributed by atoms with Gasteiger partial charge in [-0.1, -0.05) is 51.4 Å². The highest BCUT2D eigenvalue weighted by Crippen LogP contribution is 2.25. The third-order valence-electron chi connectivity index (χ3n) is 2.91. The van der Waals surface area contributed by atoms with Crippen LogP contribution in [-0.4, -0.2) is 15.2 Å². The van der Waals surface area contributed by atoms with Crippen LogP contribution in [0.2, 0.25) is 0 Å². The first-order valence-electron chi connectivity index (χ1n) is 6.16. The summed E-state index contributed by atoms with van der Waals surface area (Å²) in [5.74, 6) is -0.119. The second-order valence-electron chi connectivity index (χ2n) is 4.43. The summed E-state index contributed by atoms with van der Waals surface area (Å²) in [5, 5.41) is 14.0. The molecule has 1 N–H and O–H groups in total. The lowest BCUT2D eigenvalue weighted by Gasteiger charge is -2.04. The Balaban J connectivity index is 1.93. The summed E-state index contributed by atoms with van der Waals surface area (Å²) in [6.07, 6.45) is -1.01. The van der Waals surface area contributed by atoms with Gasteiger partial charge in [-0.05, 0) is 23.8 Å². The molecule has 4 nitrogen and oxygen atoms in total. The molecule has 1 heterocycles. The van der Waals surface area contributed by atoms with Gasteiger partial charge in [-0.25, -0.2) is 4.39 Å². The molecule has 0 aliphatic carbocycles. The molecule has 0 saturated carbocycles. The first-order valence-corrected chi connectivity index (χ1v) is 6.96. The average molecular weight is 349 g/mol. The average Bonchev–Trinajstić information content (AvgIpc) is 2.96. The van der Waals surface area contributed by atoms with Crippen LogP contribution in [0.4, 0.5) is 4.39 Å². The van der Waals surface area contributed by atoms with E-state index in [1.165, 1.54) is 12.1 Å². The fourth-order valence-electron chi connectivity index (χ4n) is 1.92. The third-order valence-corrected chi connectivity index (χ3v) is 3.37. The molecule has 0 aliphatic rings. The maximum Gasteiger partial charge on any atom is 0.260 e. The summed E-state index contributed by atoms with van der Waals surface area (Å²) in [6, 6.07) is 13.3. The number of hydrogen-bond acceptors (Lipinski definition) is 4. The van der Waals surface area contributed by atoms with Crippen LogP contribution in [-0.2, 0) is 0 Å². The molecule has 0 radical (unpaired) electrons. The van der Waals surface area contributed by atoms with Gasteiger partial charge in [0.05, 0.1) is 0 Å². The Labute approximate surface area is 128 Å². The van der Waals surface area contributed by atoms with E-state index in [1.807, 2.05) is 6.07 Å². The molecule has 0 spiro atoms. The molecule has 3 rings (SSSR count). The maximum atomic E-state index is 13.4. The quantitative estimate of drug-likeness (QED) is 0.783. The predicted molar refractivity (Wildman–Crippen MR) is 77.9 cm³/mol. The van der Waals surface area contributed by atoms with Crippen molar-refractivity contribution in [1.82, 2.24) is 10.1 Å². The van der Waals surface area contributed by atoms with Gasteiger partial charge in [0.25, 0.3) is 5.89 Å². The molecule has 1 aromatic heterocycles. The lowest BCUT2D eigenvalue weighted by atomic mass is 10.1. The number of nitrogens with zero attached hydrogens (tertiary/aromatic N) is 2. The van der Waals surface area contributed by atoms with E-state index in [4.69, 9.17) is 4.52 Å². The van der Waals surface area contributed by atoms with Gasteiger partial charge >= 0.3 is 0 Å². The lowest BCUT2D eigenvalue weighted by molar-refractivity contribution is 0.170. The van der Waals surface area contributed by atoms with Gasteiger partial charge in [0, 0.05) is 10.0 Å². The van der Waals surface area contributed by atoms with Crippen LogP contribution in [0.1, 0.15) is 17.6 Å². The smallest absolute Gasteiger partial charge is 0.260 e. The highest BCUT2D eigenvalue weighted by Gasteiger charge is 2.19. The minimum absolute atomic E-state index is 0.0663. The summed E-state index contributed by atoms with van der Waals surface area (Å²) < 4.78 is 19.0. The second kappa shape index (κ2) is 5.75. The molecule has 0 bridgehead atoms. The Hall–Kier alpha value is -2.05. The summed E-state index contributed by atoms with van der Waals surface area (Å²) >= 11 is 3.21. The van der Waals surface area contributed by atoms with E-state index < -0.39 is 11.9 Å². The molecule has 0 amide bonds. The molecular weight excluding hydrogens is 339 g/mol. The largest absolute Gasteiger partial charge is 0.378 e. The zero-order valence-corrected chi connectivity index (χ0v) is 12.3. The lowest BCUT2D eigenvalue weighted by Crippen LogP contribution is -1.99. The van der Waals surface area contributed by atoms with Gasteiger partial charge in [0.1, 0.15) is 5.82 Å². The molecule has 0 fully saturated rings. The molecule has 0 aliphatic heterocycles. The topological polar surface area (TPSA) is 59.2 Å². The van der Waals surface area contributed by atoms with Crippen LogP contribution >= 0.6 is 15.9 Å². The van der Waals surface area contributed by atoms with E-state index >= 15 is 0 Å². The number of rotatable bonds is 3. The number of halogens is 2. The van der Waals surface area contributed by atoms with Crippen LogP contribution in [0.5, 0.6) is 0 Å². The predicted octanol–water partition coefficient (Wildman–Crippen LogP) is 3.72. The van der Waals surface area contributed by atoms with E-state index in [1.54, 1.807) is 30.3 Å². The van der Waals surface area contributed by atoms with Crippen molar-refractivity contribution in [3.63, 3.8) is 0 Å². The number of aliphatic hydroxyl groups excluding tert-OH is 1. The Kier molecular flexibility index (Phi) is 3.81. The highest BCUT2D eigenvalue weighted by atomic mass is 79.9. The first-order chi connectivity index (χ1) is 10.1. The van der Waals surface area contributed by atoms with Crippen molar-refractivity contribution in [2.75, 3.05) is 0 Å². The van der Waals surface area contributed by atoms with Gasteiger partial charge < -0.3 is 9.63 Å². The number of hydrogen-bond donors (Lipinski definition) is 1. The Morgan fingerprint density at radius 3 is 2.62 bits per heavy atom. The van der Waals surface area contributed by atoms with Crippen LogP contribution in [0.15, 0.2) is 57.5 Å². The van der Waals surface area contributed by atoms with E-state index in [2.05, 4.69) is 26.1 Å². The molecule has 6 heteroatoms. The van der Waals surface area contributed by atoms with Crippen molar-refractivity contribution in [3.8, 4) is 11.4 Å². The minimum atomic E-state index is -1.01. The van der Waals surface area contributed by atoms with Crippen LogP contribution in [0.3, 0.4) is 0 Å². The zero-order chi connectivity index (χ0) is 14.8. The summed E-state index contributed by atoms with van der Waals surface area (Å²) in [6.45, 7) is 0. The molecular formula is C15H10BrFN2O2. The molecule has 3 aromatic rings. The Bertz CT molecular complexity index is 741. The van der Waals surface area contributed by atoms with Gasteiger partial charge in [-0.3, -0.25) is 0 Å². The third kappa shape index (κ3) is 3.01. The first kappa shape index (κ1) is 13.9. The van der Waals surface area contributed by atoms with E-state index in [9.17, 15) is 9.50 Å². The fourth-order valence-corrected chi connectivity index (χ4v) is 2.39. The van der Waals surface area contributed by atoms with Crippen LogP contribution < -0.4 is 0 Å². The minimum Gasteiger partial charge on any atom is -0.378 e. The molecule has 0 saturated heterocycles. The molecule has 21 heavy (non-hydrogen) atoms. The molecule has 2 aromatic carbocycles. The van der Waals surface area contributed by atoms with Gasteiger partial charge in [-0.15, -0.1) is 0 Å². The van der Waals surface area contributed by atoms with E-state index in [-0.39, 0.29) is 11.7 Å². The van der Waals surface area contributed by atoms with Crippen LogP contribution in [0, 0.1) is 5.82 Å². The summed E-state index contributed by atoms with van der Waals surface area (Å²) in [7, 11) is 0. The Morgan fingerprint density at radius 1 is 1.14 bits per heavy atom. The standard InChI is InChI=1S/C15H10BrFN2O2/c16-11-6-10(7-12(17)8-11)14-18-15(21-19-14)13(20)9-4-2-1-3-5-9/h1-8,13,20H. The summed E-state index contributed by atoms with van der Waals surface area (Å²) in [4.78, 5) is 4.12. The zero-order valence-electron chi connectivity index (χ0n) is 10.7. The second-order valence-corrected chi connectivity index (χ2v) is 5.34. The van der Waals surface area contributed by atoms with Crippen molar-refractivity contribution in [2.24, 2.45) is 0 Å². The summed E-state index contributed by atoms with van der Waals surface area (Å²) in [5.41, 5.74) is 1.12. The number of benzene rings is 2. The monoisotopic (exact) mass is 348 g/mol. The normalized spacial score (nSPS) is 12.3. The van der Waals surface area contributed by atoms with E-state index in [0.717, 1.165) is 0 Å². The fraction of sp³-hybridized carbons (Fsp3) is 0.0667. The highest BCUT2D eigenvalue weighted by molar-refractivity contribution is 9.10. The van der Waals surface area contributed by atoms with Crippen molar-refractivity contribution >= 4 is 15.9 Å². The van der Waals surface area contributed by atoms with Crippen molar-refractivity contribution in [2.45, 2.75) is 6.10 Å². The van der Waals surface area contributed by atoms with Gasteiger partial charge in [-0.2, -0.15) is 4.98 Å². The molecule has 1 unspecified atom stereocenters. The van der Waals surface area contributed by atoms with Crippen LogP contribution in [0.25, 0.3) is 11.4 Å². The van der Waals surface area contributed by atoms with Crippen molar-refractivity contribution in [3.05, 3.63) is 70.3 Å². The maximum absolute atomic E-state index is 13.4. The molecule has 106 valence electrons. The Morgan fingerprint density at radius 2 is 1.90 bits per heavy atom. The van der Waals surface area contributed by atoms with Crippen molar-refractivity contribution in [1.29, 1.82) is 0 Å². The van der Waals surface area contributed by atoms with Crippen molar-refractivity contribution < 1.29 is 14.0 Å². The number of aliphatic hydroxyl groups is 1. The SMILES string of the molecule is OC(c1ccccc1)c1nc(-c2cc(F)cc(Br)c2)no1.